The predicted molar refractivity (Wildman–Crippen MR) is 89.6 cm³/mol. The molecule has 0 radical (unpaired) electrons. The number of ketones is 1. The number of likely N-dealkylation sites (N-methyl/N-ethyl adjacent to an activating group) is 1. The molecule has 0 aromatic heterocycles. The molecule has 0 aliphatic carbocycles. The molecule has 110 valence electrons. The van der Waals surface area contributed by atoms with Crippen molar-refractivity contribution in [1.29, 1.82) is 0 Å². The molecule has 0 bridgehead atoms. The van der Waals surface area contributed by atoms with Gasteiger partial charge in [0.1, 0.15) is 12.2 Å². The molecule has 0 fully saturated rings. The average molecular weight is 282 g/mol. The third-order valence-electron chi connectivity index (χ3n) is 4.10. The van der Waals surface area contributed by atoms with Crippen molar-refractivity contribution in [3.05, 3.63) is 66.2 Å². The van der Waals surface area contributed by atoms with Crippen LogP contribution in [-0.4, -0.2) is 25.4 Å². The minimum absolute atomic E-state index is 0.217. The van der Waals surface area contributed by atoms with E-state index in [2.05, 4.69) is 38.1 Å². The van der Waals surface area contributed by atoms with Gasteiger partial charge in [0.15, 0.2) is 0 Å². The molecule has 1 atom stereocenters. The summed E-state index contributed by atoms with van der Waals surface area (Å²) >= 11 is 0. The molecule has 0 amide bonds. The van der Waals surface area contributed by atoms with Gasteiger partial charge in [0.25, 0.3) is 0 Å². The smallest absolute Gasteiger partial charge is 0.217 e. The fraction of sp³-hybridized carbons (Fsp3) is 0.316. The molecule has 0 aliphatic rings. The van der Waals surface area contributed by atoms with Crippen molar-refractivity contribution < 1.29 is 4.79 Å². The maximum Gasteiger partial charge on any atom is 0.217 e. The highest BCUT2D eigenvalue weighted by Gasteiger charge is 2.30. The van der Waals surface area contributed by atoms with Gasteiger partial charge in [-0.1, -0.05) is 55.5 Å². The summed E-state index contributed by atoms with van der Waals surface area (Å²) in [5, 5.41) is 0. The van der Waals surface area contributed by atoms with Crippen LogP contribution in [0.3, 0.4) is 0 Å². The van der Waals surface area contributed by atoms with Crippen molar-refractivity contribution >= 4 is 11.5 Å². The molecule has 2 heteroatoms. The molecule has 0 aliphatic heterocycles. The SMILES string of the molecule is CCC[N+](CC)(CC(=O)c1ccccc1)c1ccccc1. The van der Waals surface area contributed by atoms with E-state index in [-0.39, 0.29) is 5.78 Å². The Morgan fingerprint density at radius 1 is 0.905 bits per heavy atom. The van der Waals surface area contributed by atoms with Gasteiger partial charge in [-0.2, -0.15) is 0 Å². The summed E-state index contributed by atoms with van der Waals surface area (Å²) in [5.41, 5.74) is 2.03. The molecule has 2 nitrogen and oxygen atoms in total. The Morgan fingerprint density at radius 3 is 2.00 bits per heavy atom. The highest BCUT2D eigenvalue weighted by atomic mass is 16.1. The van der Waals surface area contributed by atoms with Gasteiger partial charge in [0.05, 0.1) is 13.1 Å². The van der Waals surface area contributed by atoms with E-state index in [1.807, 2.05) is 36.4 Å². The minimum atomic E-state index is 0.217. The number of quaternary nitrogens is 1. The van der Waals surface area contributed by atoms with E-state index in [9.17, 15) is 4.79 Å². The van der Waals surface area contributed by atoms with E-state index in [0.29, 0.717) is 6.54 Å². The number of benzene rings is 2. The maximum atomic E-state index is 12.7. The normalized spacial score (nSPS) is 13.6. The van der Waals surface area contributed by atoms with Gasteiger partial charge in [0, 0.05) is 5.56 Å². The monoisotopic (exact) mass is 282 g/mol. The van der Waals surface area contributed by atoms with Crippen molar-refractivity contribution in [2.24, 2.45) is 0 Å². The Bertz CT molecular complexity index is 565. The number of Topliss-reactive ketones (excluding diaryl/α,β-unsaturated/α-hetero) is 1. The van der Waals surface area contributed by atoms with Crippen molar-refractivity contribution in [3.63, 3.8) is 0 Å². The summed E-state index contributed by atoms with van der Waals surface area (Å²) in [6, 6.07) is 20.0. The number of hydrogen-bond acceptors (Lipinski definition) is 1. The quantitative estimate of drug-likeness (QED) is 0.546. The van der Waals surface area contributed by atoms with Crippen LogP contribution in [0.2, 0.25) is 0 Å². The van der Waals surface area contributed by atoms with Crippen LogP contribution in [0.4, 0.5) is 5.69 Å². The topological polar surface area (TPSA) is 17.1 Å². The highest BCUT2D eigenvalue weighted by Crippen LogP contribution is 2.24. The van der Waals surface area contributed by atoms with Crippen LogP contribution in [0.15, 0.2) is 60.7 Å². The first-order valence-corrected chi connectivity index (χ1v) is 7.72. The van der Waals surface area contributed by atoms with E-state index in [0.717, 1.165) is 29.6 Å². The van der Waals surface area contributed by atoms with Crippen LogP contribution in [0.1, 0.15) is 30.6 Å². The van der Waals surface area contributed by atoms with Gasteiger partial charge in [-0.25, -0.2) is 0 Å². The summed E-state index contributed by atoms with van der Waals surface area (Å²) in [6.45, 7) is 6.79. The zero-order valence-corrected chi connectivity index (χ0v) is 13.0. The van der Waals surface area contributed by atoms with E-state index in [1.54, 1.807) is 0 Å². The second-order valence-electron chi connectivity index (χ2n) is 5.47. The summed E-state index contributed by atoms with van der Waals surface area (Å²) < 4.78 is 0.727. The lowest BCUT2D eigenvalue weighted by atomic mass is 10.1. The summed E-state index contributed by atoms with van der Waals surface area (Å²) in [7, 11) is 0. The van der Waals surface area contributed by atoms with E-state index < -0.39 is 0 Å². The molecule has 0 saturated carbocycles. The van der Waals surface area contributed by atoms with Gasteiger partial charge in [-0.05, 0) is 25.5 Å². The second kappa shape index (κ2) is 7.19. The predicted octanol–water partition coefficient (Wildman–Crippen LogP) is 4.31. The lowest BCUT2D eigenvalue weighted by molar-refractivity contribution is 0.0937. The van der Waals surface area contributed by atoms with Gasteiger partial charge in [-0.3, -0.25) is 9.28 Å². The van der Waals surface area contributed by atoms with Crippen molar-refractivity contribution in [3.8, 4) is 0 Å². The van der Waals surface area contributed by atoms with Gasteiger partial charge < -0.3 is 0 Å². The van der Waals surface area contributed by atoms with Crippen LogP contribution in [0, 0.1) is 0 Å². The zero-order chi connectivity index (χ0) is 15.1. The molecule has 2 rings (SSSR count). The van der Waals surface area contributed by atoms with E-state index in [1.165, 1.54) is 5.69 Å². The third kappa shape index (κ3) is 3.59. The first-order chi connectivity index (χ1) is 10.2. The number of carbonyl (C=O) groups excluding carboxylic acids is 1. The highest BCUT2D eigenvalue weighted by molar-refractivity contribution is 5.98. The Hall–Kier alpha value is -1.93. The standard InChI is InChI=1S/C19H24NO/c1-3-15-20(4-2,18-13-9-6-10-14-18)16-19(21)17-11-7-5-8-12-17/h5-14H,3-4,15-16H2,1-2H3/q+1. The van der Waals surface area contributed by atoms with E-state index in [4.69, 9.17) is 0 Å². The van der Waals surface area contributed by atoms with Crippen molar-refractivity contribution in [2.45, 2.75) is 20.3 Å². The van der Waals surface area contributed by atoms with Crippen LogP contribution >= 0.6 is 0 Å². The first kappa shape index (κ1) is 15.5. The number of carbonyl (C=O) groups is 1. The molecule has 0 saturated heterocycles. The van der Waals surface area contributed by atoms with Crippen LogP contribution < -0.4 is 4.48 Å². The second-order valence-corrected chi connectivity index (χ2v) is 5.47. The Labute approximate surface area is 127 Å². The molecular weight excluding hydrogens is 258 g/mol. The van der Waals surface area contributed by atoms with Gasteiger partial charge in [0.2, 0.25) is 5.78 Å². The third-order valence-corrected chi connectivity index (χ3v) is 4.10. The maximum absolute atomic E-state index is 12.7. The number of para-hydroxylation sites is 1. The molecule has 0 N–H and O–H groups in total. The lowest BCUT2D eigenvalue weighted by Crippen LogP contribution is -2.53. The van der Waals surface area contributed by atoms with E-state index >= 15 is 0 Å². The van der Waals surface area contributed by atoms with Gasteiger partial charge >= 0.3 is 0 Å². The van der Waals surface area contributed by atoms with Crippen molar-refractivity contribution in [1.82, 2.24) is 4.48 Å². The number of rotatable bonds is 7. The van der Waals surface area contributed by atoms with Crippen LogP contribution in [-0.2, 0) is 0 Å². The Morgan fingerprint density at radius 2 is 1.48 bits per heavy atom. The molecule has 21 heavy (non-hydrogen) atoms. The molecular formula is C19H24NO+. The van der Waals surface area contributed by atoms with Crippen LogP contribution in [0.5, 0.6) is 0 Å². The fourth-order valence-corrected chi connectivity index (χ4v) is 2.91. The lowest BCUT2D eigenvalue weighted by Gasteiger charge is -2.36. The molecule has 0 spiro atoms. The summed E-state index contributed by atoms with van der Waals surface area (Å²) in [5.74, 6) is 0.217. The Balaban J connectivity index is 2.31. The first-order valence-electron chi connectivity index (χ1n) is 7.72. The summed E-state index contributed by atoms with van der Waals surface area (Å²) in [6.07, 6.45) is 1.06. The average Bonchev–Trinajstić information content (AvgIpc) is 2.56. The largest absolute Gasteiger partial charge is 0.288 e. The molecule has 1 unspecified atom stereocenters. The van der Waals surface area contributed by atoms with Crippen molar-refractivity contribution in [2.75, 3.05) is 19.6 Å². The minimum Gasteiger partial charge on any atom is -0.288 e. The molecule has 0 heterocycles. The van der Waals surface area contributed by atoms with Gasteiger partial charge in [-0.15, -0.1) is 0 Å². The fourth-order valence-electron chi connectivity index (χ4n) is 2.91. The Kier molecular flexibility index (Phi) is 5.29. The zero-order valence-electron chi connectivity index (χ0n) is 13.0. The molecule has 2 aromatic carbocycles. The number of hydrogen-bond donors (Lipinski definition) is 0. The number of nitrogens with zero attached hydrogens (tertiary/aromatic N) is 1. The van der Waals surface area contributed by atoms with Crippen LogP contribution in [0.25, 0.3) is 0 Å². The summed E-state index contributed by atoms with van der Waals surface area (Å²) in [4.78, 5) is 12.7. The molecule has 2 aromatic rings.